The van der Waals surface area contributed by atoms with Crippen LogP contribution in [0, 0.1) is 17.8 Å². The molecule has 0 aromatic heterocycles. The van der Waals surface area contributed by atoms with Crippen LogP contribution < -0.4 is 10.1 Å². The third kappa shape index (κ3) is 5.17. The van der Waals surface area contributed by atoms with Crippen LogP contribution in [0.25, 0.3) is 4.85 Å². The van der Waals surface area contributed by atoms with Crippen LogP contribution in [0.5, 0.6) is 5.75 Å². The van der Waals surface area contributed by atoms with E-state index < -0.39 is 17.7 Å². The van der Waals surface area contributed by atoms with E-state index in [4.69, 9.17) is 16.0 Å². The molecule has 0 saturated carbocycles. The summed E-state index contributed by atoms with van der Waals surface area (Å²) in [5.74, 6) is -1.30. The van der Waals surface area contributed by atoms with Gasteiger partial charge in [-0.15, -0.1) is 0 Å². The van der Waals surface area contributed by atoms with Gasteiger partial charge in [-0.25, -0.2) is 14.0 Å². The van der Waals surface area contributed by atoms with Crippen molar-refractivity contribution in [1.82, 2.24) is 5.32 Å². The van der Waals surface area contributed by atoms with Gasteiger partial charge in [0.1, 0.15) is 11.6 Å². The molecule has 0 aliphatic carbocycles. The van der Waals surface area contributed by atoms with Crippen molar-refractivity contribution in [3.63, 3.8) is 0 Å². The Labute approximate surface area is 172 Å². The van der Waals surface area contributed by atoms with E-state index in [0.717, 1.165) is 12.1 Å². The minimum absolute atomic E-state index is 0.194. The van der Waals surface area contributed by atoms with E-state index in [1.807, 2.05) is 34.6 Å². The fourth-order valence-corrected chi connectivity index (χ4v) is 3.31. The van der Waals surface area contributed by atoms with Gasteiger partial charge in [-0.05, 0) is 30.4 Å². The summed E-state index contributed by atoms with van der Waals surface area (Å²) in [6, 6.07) is 4.16. The van der Waals surface area contributed by atoms with Gasteiger partial charge in [0.25, 0.3) is 0 Å². The molecule has 1 aliphatic heterocycles. The molecule has 0 fully saturated rings. The number of methoxy groups -OCH3 is 1. The number of carbonyl (C=O) groups is 1. The van der Waals surface area contributed by atoms with Gasteiger partial charge in [0.05, 0.1) is 31.8 Å². The van der Waals surface area contributed by atoms with Crippen LogP contribution in [-0.4, -0.2) is 19.7 Å². The number of hydrogen-bond acceptors (Lipinski definition) is 4. The molecule has 2 rings (SSSR count). The number of ether oxygens (including phenoxy) is 2. The van der Waals surface area contributed by atoms with Crippen molar-refractivity contribution in [3.8, 4) is 5.75 Å². The molecule has 1 aromatic carbocycles. The van der Waals surface area contributed by atoms with E-state index in [1.165, 1.54) is 19.2 Å². The van der Waals surface area contributed by atoms with Crippen molar-refractivity contribution in [1.29, 1.82) is 0 Å². The Balaban J connectivity index is 2.66. The minimum atomic E-state index is -0.682. The second-order valence-electron chi connectivity index (χ2n) is 8.35. The van der Waals surface area contributed by atoms with E-state index in [9.17, 15) is 9.18 Å². The van der Waals surface area contributed by atoms with Crippen LogP contribution in [0.4, 0.5) is 4.39 Å². The lowest BCUT2D eigenvalue weighted by molar-refractivity contribution is -0.142. The molecular weight excluding hydrogens is 371 g/mol. The molecule has 6 heteroatoms. The van der Waals surface area contributed by atoms with Gasteiger partial charge >= 0.3 is 5.97 Å². The van der Waals surface area contributed by atoms with Gasteiger partial charge in [0.15, 0.2) is 5.70 Å². The summed E-state index contributed by atoms with van der Waals surface area (Å²) >= 11 is 0. The Morgan fingerprint density at radius 3 is 2.59 bits per heavy atom. The first-order valence-corrected chi connectivity index (χ1v) is 9.71. The zero-order chi connectivity index (χ0) is 21.8. The Morgan fingerprint density at radius 1 is 1.34 bits per heavy atom. The molecule has 156 valence electrons. The fraction of sp³-hybridized carbons (Fsp3) is 0.478. The summed E-state index contributed by atoms with van der Waals surface area (Å²) in [7, 11) is 1.45. The van der Waals surface area contributed by atoms with Crippen molar-refractivity contribution in [3.05, 3.63) is 63.7 Å². The predicted octanol–water partition coefficient (Wildman–Crippen LogP) is 5.32. The largest absolute Gasteiger partial charge is 0.496 e. The maximum atomic E-state index is 13.8. The molecule has 5 nitrogen and oxygen atoms in total. The zero-order valence-electron chi connectivity index (χ0n) is 18.0. The van der Waals surface area contributed by atoms with Crippen molar-refractivity contribution >= 4 is 5.97 Å². The van der Waals surface area contributed by atoms with Crippen molar-refractivity contribution in [2.45, 2.75) is 53.4 Å². The Kier molecular flexibility index (Phi) is 7.07. The third-order valence-electron chi connectivity index (χ3n) is 4.59. The number of dihydropyridines is 1. The molecular formula is C23H29FN2O3. The maximum Gasteiger partial charge on any atom is 0.335 e. The molecule has 1 heterocycles. The minimum Gasteiger partial charge on any atom is -0.496 e. The SMILES string of the molecule is [C-]#[N+]C1=C(C)NC(CCC)=C(C(=O)OCC(C)(C)C)C1c1ccc(F)cc1OC. The number of nitrogens with zero attached hydrogens (tertiary/aromatic N) is 1. The number of benzene rings is 1. The van der Waals surface area contributed by atoms with Crippen LogP contribution in [-0.2, 0) is 9.53 Å². The normalized spacial score (nSPS) is 17.0. The topological polar surface area (TPSA) is 51.9 Å². The first-order chi connectivity index (χ1) is 13.6. The summed E-state index contributed by atoms with van der Waals surface area (Å²) in [5.41, 5.74) is 2.53. The first-order valence-electron chi connectivity index (χ1n) is 9.71. The van der Waals surface area contributed by atoms with Gasteiger partial charge in [-0.3, -0.25) is 0 Å². The highest BCUT2D eigenvalue weighted by Gasteiger charge is 2.37. The molecule has 0 saturated heterocycles. The third-order valence-corrected chi connectivity index (χ3v) is 4.59. The number of hydrogen-bond donors (Lipinski definition) is 1. The fourth-order valence-electron chi connectivity index (χ4n) is 3.31. The van der Waals surface area contributed by atoms with Gasteiger partial charge in [0, 0.05) is 17.5 Å². The highest BCUT2D eigenvalue weighted by Crippen LogP contribution is 2.43. The predicted molar refractivity (Wildman–Crippen MR) is 110 cm³/mol. The van der Waals surface area contributed by atoms with Crippen LogP contribution in [0.1, 0.15) is 58.9 Å². The number of esters is 1. The Bertz CT molecular complexity index is 888. The van der Waals surface area contributed by atoms with E-state index in [2.05, 4.69) is 10.2 Å². The van der Waals surface area contributed by atoms with Gasteiger partial charge in [-0.1, -0.05) is 40.2 Å². The first kappa shape index (κ1) is 22.5. The smallest absolute Gasteiger partial charge is 0.335 e. The lowest BCUT2D eigenvalue weighted by Gasteiger charge is -2.31. The van der Waals surface area contributed by atoms with Crippen molar-refractivity contribution in [2.24, 2.45) is 5.41 Å². The molecule has 1 N–H and O–H groups in total. The number of rotatable bonds is 6. The molecule has 29 heavy (non-hydrogen) atoms. The summed E-state index contributed by atoms with van der Waals surface area (Å²) < 4.78 is 24.8. The summed E-state index contributed by atoms with van der Waals surface area (Å²) in [6.07, 6.45) is 1.44. The zero-order valence-corrected chi connectivity index (χ0v) is 18.0. The van der Waals surface area contributed by atoms with E-state index >= 15 is 0 Å². The molecule has 1 atom stereocenters. The molecule has 0 spiro atoms. The molecule has 0 radical (unpaired) electrons. The summed E-state index contributed by atoms with van der Waals surface area (Å²) in [5, 5.41) is 3.22. The van der Waals surface area contributed by atoms with E-state index in [-0.39, 0.29) is 12.0 Å². The standard InChI is InChI=1S/C23H29FN2O3/c1-8-9-17-20(22(27)29-13-23(3,4)5)19(21(25-6)14(2)26-17)16-11-10-15(24)12-18(16)28-7/h10-12,19,26H,8-9,13H2,1-5,7H3. The number of allylic oxidation sites excluding steroid dienone is 3. The van der Waals surface area contributed by atoms with Crippen LogP contribution in [0.2, 0.25) is 0 Å². The van der Waals surface area contributed by atoms with Gasteiger partial charge in [-0.2, -0.15) is 0 Å². The van der Waals surface area contributed by atoms with Crippen LogP contribution in [0.3, 0.4) is 0 Å². The van der Waals surface area contributed by atoms with Crippen molar-refractivity contribution < 1.29 is 18.7 Å². The molecule has 1 aromatic rings. The summed E-state index contributed by atoms with van der Waals surface area (Å²) in [4.78, 5) is 16.9. The Morgan fingerprint density at radius 2 is 2.03 bits per heavy atom. The monoisotopic (exact) mass is 400 g/mol. The second-order valence-corrected chi connectivity index (χ2v) is 8.35. The number of carbonyl (C=O) groups excluding carboxylic acids is 1. The van der Waals surface area contributed by atoms with Crippen LogP contribution >= 0.6 is 0 Å². The molecule has 1 unspecified atom stereocenters. The Hall–Kier alpha value is -2.81. The lowest BCUT2D eigenvalue weighted by Crippen LogP contribution is -2.31. The average molecular weight is 400 g/mol. The maximum absolute atomic E-state index is 13.8. The summed E-state index contributed by atoms with van der Waals surface area (Å²) in [6.45, 7) is 17.7. The second kappa shape index (κ2) is 9.13. The number of nitrogens with one attached hydrogen (secondary N) is 1. The molecule has 0 bridgehead atoms. The van der Waals surface area contributed by atoms with Gasteiger partial charge < -0.3 is 14.8 Å². The van der Waals surface area contributed by atoms with Crippen molar-refractivity contribution in [2.75, 3.05) is 13.7 Å². The van der Waals surface area contributed by atoms with Gasteiger partial charge in [0.2, 0.25) is 0 Å². The highest BCUT2D eigenvalue weighted by atomic mass is 19.1. The van der Waals surface area contributed by atoms with E-state index in [1.54, 1.807) is 6.07 Å². The van der Waals surface area contributed by atoms with Crippen LogP contribution in [0.15, 0.2) is 40.9 Å². The molecule has 0 amide bonds. The highest BCUT2D eigenvalue weighted by molar-refractivity contribution is 5.93. The quantitative estimate of drug-likeness (QED) is 0.519. The average Bonchev–Trinajstić information content (AvgIpc) is 2.65. The number of halogens is 1. The lowest BCUT2D eigenvalue weighted by atomic mass is 9.82. The molecule has 1 aliphatic rings. The van der Waals surface area contributed by atoms with E-state index in [0.29, 0.717) is 34.7 Å².